The first-order chi connectivity index (χ1) is 23.9. The monoisotopic (exact) mass is 677 g/mol. The lowest BCUT2D eigenvalue weighted by Gasteiger charge is -2.26. The predicted molar refractivity (Wildman–Crippen MR) is 190 cm³/mol. The Bertz CT molecular complexity index is 1900. The van der Waals surface area contributed by atoms with E-state index in [-0.39, 0.29) is 43.1 Å². The summed E-state index contributed by atoms with van der Waals surface area (Å²) in [4.78, 5) is 59.4. The molecule has 2 amide bonds. The topological polar surface area (TPSA) is 124 Å². The molecule has 1 aromatic heterocycles. The molecule has 0 spiro atoms. The number of amides is 2. The molecule has 0 bridgehead atoms. The Labute approximate surface area is 292 Å². The van der Waals surface area contributed by atoms with Crippen LogP contribution in [-0.4, -0.2) is 67.0 Å². The van der Waals surface area contributed by atoms with Crippen LogP contribution < -0.4 is 10.1 Å². The first-order valence-corrected chi connectivity index (χ1v) is 16.7. The van der Waals surface area contributed by atoms with Crippen LogP contribution in [0.4, 0.5) is 5.69 Å². The van der Waals surface area contributed by atoms with Crippen LogP contribution in [0.3, 0.4) is 0 Å². The molecule has 1 aliphatic carbocycles. The van der Waals surface area contributed by atoms with Gasteiger partial charge in [-0.15, -0.1) is 0 Å². The quantitative estimate of drug-likeness (QED) is 0.173. The van der Waals surface area contributed by atoms with Crippen molar-refractivity contribution in [2.45, 2.75) is 58.5 Å². The van der Waals surface area contributed by atoms with Crippen molar-refractivity contribution in [2.24, 2.45) is 0 Å². The van der Waals surface area contributed by atoms with Crippen molar-refractivity contribution in [1.29, 1.82) is 0 Å². The minimum absolute atomic E-state index is 0.0350. The second-order valence-electron chi connectivity index (χ2n) is 12.9. The summed E-state index contributed by atoms with van der Waals surface area (Å²) in [6, 6.07) is 21.7. The number of pyridine rings is 1. The molecule has 3 aromatic carbocycles. The SMILES string of the molecule is CCOC(=O)C1(COC(=O)Cc2ccc(NC(=O)c3cccc(C)c3-c3ccc(OC(C)C)cc3)c(C(=O)N(C)C)c2)CCc2cccnc21. The molecule has 1 atom stereocenters. The smallest absolute Gasteiger partial charge is 0.321 e. The summed E-state index contributed by atoms with van der Waals surface area (Å²) in [5, 5.41) is 2.93. The van der Waals surface area contributed by atoms with E-state index in [1.165, 1.54) is 4.90 Å². The summed E-state index contributed by atoms with van der Waals surface area (Å²) in [6.07, 6.45) is 2.53. The van der Waals surface area contributed by atoms with Gasteiger partial charge in [0.05, 0.1) is 36.1 Å². The van der Waals surface area contributed by atoms with Gasteiger partial charge in [0.1, 0.15) is 17.8 Å². The van der Waals surface area contributed by atoms with E-state index < -0.39 is 17.4 Å². The standard InChI is InChI=1S/C40H43N3O7/c1-7-48-39(47)40(20-19-29-11-9-21-41-36(29)40)24-49-34(44)23-27-13-18-33(32(22-27)38(46)43(5)6)42-37(45)31-12-8-10-26(4)35(31)28-14-16-30(17-15-28)50-25(2)3/h8-18,21-22,25H,7,19-20,23-24H2,1-6H3,(H,42,45). The maximum absolute atomic E-state index is 13.8. The van der Waals surface area contributed by atoms with Gasteiger partial charge in [0, 0.05) is 25.9 Å². The van der Waals surface area contributed by atoms with E-state index >= 15 is 0 Å². The molecule has 1 aliphatic rings. The van der Waals surface area contributed by atoms with E-state index in [1.54, 1.807) is 51.5 Å². The summed E-state index contributed by atoms with van der Waals surface area (Å²) in [7, 11) is 3.23. The van der Waals surface area contributed by atoms with Gasteiger partial charge in [-0.05, 0) is 105 Å². The van der Waals surface area contributed by atoms with E-state index in [1.807, 2.05) is 69.3 Å². The Morgan fingerprint density at radius 2 is 1.70 bits per heavy atom. The highest BCUT2D eigenvalue weighted by Crippen LogP contribution is 2.39. The molecule has 0 saturated carbocycles. The fraction of sp³-hybridized carbons (Fsp3) is 0.325. The third-order valence-electron chi connectivity index (χ3n) is 8.66. The maximum atomic E-state index is 13.8. The van der Waals surface area contributed by atoms with Gasteiger partial charge in [-0.25, -0.2) is 0 Å². The number of carbonyl (C=O) groups is 4. The molecule has 1 heterocycles. The van der Waals surface area contributed by atoms with Gasteiger partial charge in [-0.1, -0.05) is 36.4 Å². The molecule has 0 aliphatic heterocycles. The second kappa shape index (κ2) is 15.4. The minimum atomic E-state index is -1.18. The Kier molecular flexibility index (Phi) is 11.0. The van der Waals surface area contributed by atoms with E-state index in [4.69, 9.17) is 14.2 Å². The molecule has 10 nitrogen and oxygen atoms in total. The van der Waals surface area contributed by atoms with E-state index in [0.717, 1.165) is 28.0 Å². The number of anilines is 1. The number of fused-ring (bicyclic) bond motifs is 1. The molecule has 0 fully saturated rings. The van der Waals surface area contributed by atoms with Gasteiger partial charge in [0.25, 0.3) is 11.8 Å². The average Bonchev–Trinajstić information content (AvgIpc) is 3.47. The molecule has 0 radical (unpaired) electrons. The van der Waals surface area contributed by atoms with Crippen molar-refractivity contribution < 1.29 is 33.4 Å². The van der Waals surface area contributed by atoms with E-state index in [0.29, 0.717) is 35.3 Å². The van der Waals surface area contributed by atoms with Gasteiger partial charge < -0.3 is 24.4 Å². The molecule has 1 unspecified atom stereocenters. The number of aryl methyl sites for hydroxylation is 2. The summed E-state index contributed by atoms with van der Waals surface area (Å²) < 4.78 is 16.9. The van der Waals surface area contributed by atoms with Gasteiger partial charge in [0.15, 0.2) is 0 Å². The van der Waals surface area contributed by atoms with Crippen LogP contribution in [0, 0.1) is 6.92 Å². The highest BCUT2D eigenvalue weighted by molar-refractivity contribution is 6.12. The number of benzene rings is 3. The van der Waals surface area contributed by atoms with Crippen molar-refractivity contribution >= 4 is 29.4 Å². The molecular formula is C40H43N3O7. The zero-order valence-electron chi connectivity index (χ0n) is 29.4. The molecule has 5 rings (SSSR count). The van der Waals surface area contributed by atoms with Crippen LogP contribution in [0.25, 0.3) is 11.1 Å². The molecule has 10 heteroatoms. The lowest BCUT2D eigenvalue weighted by molar-refractivity contribution is -0.157. The Morgan fingerprint density at radius 1 is 0.940 bits per heavy atom. The first-order valence-electron chi connectivity index (χ1n) is 16.7. The molecule has 4 aromatic rings. The number of ether oxygens (including phenoxy) is 3. The number of carbonyl (C=O) groups excluding carboxylic acids is 4. The third-order valence-corrected chi connectivity index (χ3v) is 8.66. The van der Waals surface area contributed by atoms with Crippen LogP contribution in [0.5, 0.6) is 5.75 Å². The average molecular weight is 678 g/mol. The predicted octanol–water partition coefficient (Wildman–Crippen LogP) is 6.33. The number of nitrogens with zero attached hydrogens (tertiary/aromatic N) is 2. The van der Waals surface area contributed by atoms with Gasteiger partial charge in [0.2, 0.25) is 0 Å². The number of aromatic nitrogens is 1. The lowest BCUT2D eigenvalue weighted by atomic mass is 9.86. The normalized spacial score (nSPS) is 14.9. The molecular weight excluding hydrogens is 634 g/mol. The third kappa shape index (κ3) is 7.70. The molecule has 260 valence electrons. The maximum Gasteiger partial charge on any atom is 0.321 e. The van der Waals surface area contributed by atoms with Crippen molar-refractivity contribution in [3.63, 3.8) is 0 Å². The van der Waals surface area contributed by atoms with Crippen molar-refractivity contribution in [3.8, 4) is 16.9 Å². The number of hydrogen-bond donors (Lipinski definition) is 1. The van der Waals surface area contributed by atoms with Crippen LogP contribution in [-0.2, 0) is 37.3 Å². The van der Waals surface area contributed by atoms with Gasteiger partial charge in [-0.3, -0.25) is 24.2 Å². The van der Waals surface area contributed by atoms with Gasteiger partial charge >= 0.3 is 11.9 Å². The highest BCUT2D eigenvalue weighted by Gasteiger charge is 2.49. The Hall–Kier alpha value is -5.51. The largest absolute Gasteiger partial charge is 0.491 e. The fourth-order valence-electron chi connectivity index (χ4n) is 6.26. The fourth-order valence-corrected chi connectivity index (χ4v) is 6.26. The van der Waals surface area contributed by atoms with Crippen LogP contribution in [0.15, 0.2) is 79.0 Å². The Balaban J connectivity index is 1.36. The first kappa shape index (κ1) is 35.8. The number of nitrogens with one attached hydrogen (secondary N) is 1. The molecule has 0 saturated heterocycles. The lowest BCUT2D eigenvalue weighted by Crippen LogP contribution is -2.41. The summed E-state index contributed by atoms with van der Waals surface area (Å²) in [5.74, 6) is -1.06. The number of esters is 2. The zero-order chi connectivity index (χ0) is 36.0. The van der Waals surface area contributed by atoms with Crippen LogP contribution >= 0.6 is 0 Å². The van der Waals surface area contributed by atoms with Gasteiger partial charge in [-0.2, -0.15) is 0 Å². The molecule has 50 heavy (non-hydrogen) atoms. The zero-order valence-corrected chi connectivity index (χ0v) is 29.4. The van der Waals surface area contributed by atoms with Crippen molar-refractivity contribution in [3.05, 3.63) is 113 Å². The van der Waals surface area contributed by atoms with E-state index in [2.05, 4.69) is 10.3 Å². The number of rotatable bonds is 12. The molecule has 1 N–H and O–H groups in total. The van der Waals surface area contributed by atoms with Crippen molar-refractivity contribution in [2.75, 3.05) is 32.6 Å². The van der Waals surface area contributed by atoms with Crippen LogP contribution in [0.2, 0.25) is 0 Å². The highest BCUT2D eigenvalue weighted by atomic mass is 16.6. The van der Waals surface area contributed by atoms with Crippen LogP contribution in [0.1, 0.15) is 70.3 Å². The van der Waals surface area contributed by atoms with E-state index in [9.17, 15) is 19.2 Å². The Morgan fingerprint density at radius 3 is 2.40 bits per heavy atom. The summed E-state index contributed by atoms with van der Waals surface area (Å²) >= 11 is 0. The second-order valence-corrected chi connectivity index (χ2v) is 12.9. The summed E-state index contributed by atoms with van der Waals surface area (Å²) in [6.45, 7) is 7.57. The number of hydrogen-bond acceptors (Lipinski definition) is 8. The minimum Gasteiger partial charge on any atom is -0.491 e. The van der Waals surface area contributed by atoms with Crippen molar-refractivity contribution in [1.82, 2.24) is 9.88 Å². The summed E-state index contributed by atoms with van der Waals surface area (Å²) in [5.41, 5.74) is 4.31.